The molecule has 2 aliphatic rings. The summed E-state index contributed by atoms with van der Waals surface area (Å²) < 4.78 is 11.2. The number of anilines is 1. The van der Waals surface area contributed by atoms with E-state index >= 15 is 0 Å². The molecule has 7 nitrogen and oxygen atoms in total. The lowest BCUT2D eigenvalue weighted by molar-refractivity contribution is -0.130. The average molecular weight is 451 g/mol. The normalized spacial score (nSPS) is 15.3. The quantitative estimate of drug-likeness (QED) is 0.574. The number of ketones is 1. The standard InChI is InChI=1S/C26H30N2O5/c1-18-7-9-21(14-19(18)2)32-16-23(29)20-8-10-24-22(15-20)28(26(31)17-33-24)13-5-6-25(30)27-11-3-4-12-27/h7-10,14-15H,3-6,11-13,16-17H2,1-2H3. The van der Waals surface area contributed by atoms with E-state index in [1.54, 1.807) is 23.1 Å². The van der Waals surface area contributed by atoms with E-state index in [1.165, 1.54) is 0 Å². The summed E-state index contributed by atoms with van der Waals surface area (Å²) in [5, 5.41) is 0. The fourth-order valence-electron chi connectivity index (χ4n) is 4.17. The highest BCUT2D eigenvalue weighted by Gasteiger charge is 2.27. The van der Waals surface area contributed by atoms with Crippen LogP contribution in [0.5, 0.6) is 11.5 Å². The van der Waals surface area contributed by atoms with Crippen LogP contribution in [-0.2, 0) is 9.59 Å². The van der Waals surface area contributed by atoms with Crippen molar-refractivity contribution < 1.29 is 23.9 Å². The fourth-order valence-corrected chi connectivity index (χ4v) is 4.17. The summed E-state index contributed by atoms with van der Waals surface area (Å²) in [5.74, 6) is 0.991. The number of hydrogen-bond donors (Lipinski definition) is 0. The van der Waals surface area contributed by atoms with Gasteiger partial charge in [0.15, 0.2) is 19.0 Å². The monoisotopic (exact) mass is 450 g/mol. The Hall–Kier alpha value is -3.35. The number of rotatable bonds is 8. The molecule has 2 amide bonds. The molecule has 7 heteroatoms. The van der Waals surface area contributed by atoms with Gasteiger partial charge in [0.05, 0.1) is 5.69 Å². The summed E-state index contributed by atoms with van der Waals surface area (Å²) in [6.07, 6.45) is 3.09. The predicted molar refractivity (Wildman–Crippen MR) is 125 cm³/mol. The minimum absolute atomic E-state index is 0.0454. The van der Waals surface area contributed by atoms with E-state index in [0.717, 1.165) is 37.1 Å². The molecule has 0 spiro atoms. The molecule has 4 rings (SSSR count). The third-order valence-corrected chi connectivity index (χ3v) is 6.30. The second-order valence-corrected chi connectivity index (χ2v) is 8.67. The molecule has 2 heterocycles. The van der Waals surface area contributed by atoms with Crippen molar-refractivity contribution in [1.29, 1.82) is 0 Å². The topological polar surface area (TPSA) is 76.2 Å². The number of fused-ring (bicyclic) bond motifs is 1. The molecule has 0 radical (unpaired) electrons. The van der Waals surface area contributed by atoms with E-state index in [0.29, 0.717) is 42.1 Å². The number of carbonyl (C=O) groups is 3. The summed E-state index contributed by atoms with van der Waals surface area (Å²) in [4.78, 5) is 41.1. The smallest absolute Gasteiger partial charge is 0.265 e. The van der Waals surface area contributed by atoms with Gasteiger partial charge in [0.2, 0.25) is 5.91 Å². The first-order valence-electron chi connectivity index (χ1n) is 11.5. The Morgan fingerprint density at radius 3 is 2.58 bits per heavy atom. The number of Topliss-reactive ketones (excluding diaryl/α,β-unsaturated/α-hetero) is 1. The summed E-state index contributed by atoms with van der Waals surface area (Å²) in [6, 6.07) is 10.8. The third-order valence-electron chi connectivity index (χ3n) is 6.30. The van der Waals surface area contributed by atoms with Crippen molar-refractivity contribution >= 4 is 23.3 Å². The van der Waals surface area contributed by atoms with Gasteiger partial charge in [-0.05, 0) is 74.6 Å². The van der Waals surface area contributed by atoms with E-state index in [9.17, 15) is 14.4 Å². The molecular weight excluding hydrogens is 420 g/mol. The molecule has 0 unspecified atom stereocenters. The summed E-state index contributed by atoms with van der Waals surface area (Å²) in [5.41, 5.74) is 3.28. The molecule has 0 atom stereocenters. The highest BCUT2D eigenvalue weighted by atomic mass is 16.5. The van der Waals surface area contributed by atoms with Crippen molar-refractivity contribution in [3.8, 4) is 11.5 Å². The Morgan fingerprint density at radius 1 is 1.03 bits per heavy atom. The number of nitrogens with zero attached hydrogens (tertiary/aromatic N) is 2. The lowest BCUT2D eigenvalue weighted by atomic mass is 10.1. The Kier molecular flexibility index (Phi) is 6.96. The number of amides is 2. The van der Waals surface area contributed by atoms with Gasteiger partial charge in [0.25, 0.3) is 5.91 Å². The second-order valence-electron chi connectivity index (χ2n) is 8.67. The van der Waals surface area contributed by atoms with Crippen LogP contribution in [0.25, 0.3) is 0 Å². The fraction of sp³-hybridized carbons (Fsp3) is 0.423. The molecule has 2 aliphatic heterocycles. The van der Waals surface area contributed by atoms with E-state index in [4.69, 9.17) is 9.47 Å². The number of ether oxygens (including phenoxy) is 2. The molecule has 174 valence electrons. The van der Waals surface area contributed by atoms with E-state index in [-0.39, 0.29) is 30.8 Å². The summed E-state index contributed by atoms with van der Waals surface area (Å²) in [7, 11) is 0. The lowest BCUT2D eigenvalue weighted by Gasteiger charge is -2.30. The molecule has 33 heavy (non-hydrogen) atoms. The lowest BCUT2D eigenvalue weighted by Crippen LogP contribution is -2.40. The highest BCUT2D eigenvalue weighted by Crippen LogP contribution is 2.33. The van der Waals surface area contributed by atoms with E-state index in [2.05, 4.69) is 0 Å². The Labute approximate surface area is 194 Å². The van der Waals surface area contributed by atoms with Gasteiger partial charge < -0.3 is 19.3 Å². The summed E-state index contributed by atoms with van der Waals surface area (Å²) in [6.45, 7) is 5.94. The van der Waals surface area contributed by atoms with Gasteiger partial charge in [0.1, 0.15) is 11.5 Å². The van der Waals surface area contributed by atoms with Gasteiger partial charge in [-0.3, -0.25) is 14.4 Å². The van der Waals surface area contributed by atoms with Crippen molar-refractivity contribution in [3.63, 3.8) is 0 Å². The first kappa shape index (κ1) is 22.8. The molecule has 0 aromatic heterocycles. The maximum absolute atomic E-state index is 12.8. The van der Waals surface area contributed by atoms with Crippen LogP contribution in [0.15, 0.2) is 36.4 Å². The number of carbonyl (C=O) groups excluding carboxylic acids is 3. The van der Waals surface area contributed by atoms with Crippen LogP contribution in [-0.4, -0.2) is 55.3 Å². The Morgan fingerprint density at radius 2 is 1.82 bits per heavy atom. The number of hydrogen-bond acceptors (Lipinski definition) is 5. The van der Waals surface area contributed by atoms with Crippen LogP contribution in [0.2, 0.25) is 0 Å². The number of benzene rings is 2. The molecule has 2 aromatic rings. The Bertz CT molecular complexity index is 1060. The summed E-state index contributed by atoms with van der Waals surface area (Å²) >= 11 is 0. The van der Waals surface area contributed by atoms with Crippen LogP contribution in [0, 0.1) is 13.8 Å². The Balaban J connectivity index is 1.40. The van der Waals surface area contributed by atoms with E-state index < -0.39 is 0 Å². The van der Waals surface area contributed by atoms with Crippen LogP contribution >= 0.6 is 0 Å². The first-order chi connectivity index (χ1) is 15.9. The van der Waals surface area contributed by atoms with Crippen molar-refractivity contribution in [2.24, 2.45) is 0 Å². The second kappa shape index (κ2) is 10.1. The molecule has 1 saturated heterocycles. The number of aryl methyl sites for hydroxylation is 2. The largest absolute Gasteiger partial charge is 0.485 e. The molecule has 0 saturated carbocycles. The molecule has 2 aromatic carbocycles. The van der Waals surface area contributed by atoms with E-state index in [1.807, 2.05) is 36.9 Å². The van der Waals surface area contributed by atoms with Crippen molar-refractivity contribution in [1.82, 2.24) is 4.90 Å². The zero-order valence-corrected chi connectivity index (χ0v) is 19.3. The zero-order valence-electron chi connectivity index (χ0n) is 19.3. The van der Waals surface area contributed by atoms with Gasteiger partial charge in [-0.25, -0.2) is 0 Å². The highest BCUT2D eigenvalue weighted by molar-refractivity contribution is 6.02. The first-order valence-corrected chi connectivity index (χ1v) is 11.5. The minimum atomic E-state index is -0.182. The molecule has 0 N–H and O–H groups in total. The molecular formula is C26H30N2O5. The third kappa shape index (κ3) is 5.35. The van der Waals surface area contributed by atoms with Gasteiger partial charge in [-0.15, -0.1) is 0 Å². The van der Waals surface area contributed by atoms with Crippen LogP contribution in [0.3, 0.4) is 0 Å². The van der Waals surface area contributed by atoms with Crippen molar-refractivity contribution in [2.75, 3.05) is 37.7 Å². The molecule has 0 aliphatic carbocycles. The van der Waals surface area contributed by atoms with Gasteiger partial charge in [0, 0.05) is 31.6 Å². The van der Waals surface area contributed by atoms with Crippen LogP contribution in [0.1, 0.15) is 47.2 Å². The van der Waals surface area contributed by atoms with Crippen LogP contribution < -0.4 is 14.4 Å². The zero-order chi connectivity index (χ0) is 23.4. The number of likely N-dealkylation sites (tertiary alicyclic amines) is 1. The minimum Gasteiger partial charge on any atom is -0.485 e. The van der Waals surface area contributed by atoms with Crippen LogP contribution in [0.4, 0.5) is 5.69 Å². The predicted octanol–water partition coefficient (Wildman–Crippen LogP) is 3.69. The van der Waals surface area contributed by atoms with Crippen molar-refractivity contribution in [2.45, 2.75) is 39.5 Å². The maximum atomic E-state index is 12.8. The van der Waals surface area contributed by atoms with Crippen molar-refractivity contribution in [3.05, 3.63) is 53.1 Å². The average Bonchev–Trinajstić information content (AvgIpc) is 3.36. The SMILES string of the molecule is Cc1ccc(OCC(=O)c2ccc3c(c2)N(CCCC(=O)N2CCCC2)C(=O)CO3)cc1C. The maximum Gasteiger partial charge on any atom is 0.265 e. The molecule has 1 fully saturated rings. The molecule has 0 bridgehead atoms. The van der Waals surface area contributed by atoms with Gasteiger partial charge in [-0.2, -0.15) is 0 Å². The van der Waals surface area contributed by atoms with Gasteiger partial charge >= 0.3 is 0 Å². The van der Waals surface area contributed by atoms with Gasteiger partial charge in [-0.1, -0.05) is 6.07 Å².